The topological polar surface area (TPSA) is 39.1 Å². The van der Waals surface area contributed by atoms with Gasteiger partial charge in [-0.3, -0.25) is 4.68 Å². The molecule has 1 N–H and O–H groups in total. The van der Waals surface area contributed by atoms with Crippen LogP contribution >= 0.6 is 0 Å². The molecule has 0 aliphatic heterocycles. The number of ether oxygens (including phenoxy) is 1. The van der Waals surface area contributed by atoms with E-state index in [-0.39, 0.29) is 6.04 Å². The van der Waals surface area contributed by atoms with Gasteiger partial charge in [0.1, 0.15) is 0 Å². The van der Waals surface area contributed by atoms with Gasteiger partial charge in [0.05, 0.1) is 31.0 Å². The highest BCUT2D eigenvalue weighted by molar-refractivity contribution is 5.08. The summed E-state index contributed by atoms with van der Waals surface area (Å²) in [7, 11) is 1.55. The maximum atomic E-state index is 12.3. The first-order chi connectivity index (χ1) is 7.97. The molecular weight excluding hydrogens is 235 g/mol. The molecule has 0 aliphatic rings. The average molecular weight is 251 g/mol. The Balaban J connectivity index is 2.63. The van der Waals surface area contributed by atoms with Crippen LogP contribution in [0.15, 0.2) is 12.4 Å². The molecule has 1 heterocycles. The van der Waals surface area contributed by atoms with Crippen molar-refractivity contribution in [3.63, 3.8) is 0 Å². The van der Waals surface area contributed by atoms with E-state index in [1.54, 1.807) is 7.11 Å². The fourth-order valence-corrected chi connectivity index (χ4v) is 1.50. The molecule has 0 fully saturated rings. The third-order valence-electron chi connectivity index (χ3n) is 2.23. The third-order valence-corrected chi connectivity index (χ3v) is 2.23. The van der Waals surface area contributed by atoms with Crippen molar-refractivity contribution in [1.29, 1.82) is 0 Å². The summed E-state index contributed by atoms with van der Waals surface area (Å²) in [5.41, 5.74) is -0.731. The second kappa shape index (κ2) is 6.02. The minimum Gasteiger partial charge on any atom is -0.383 e. The van der Waals surface area contributed by atoms with E-state index in [0.29, 0.717) is 13.2 Å². The Kier molecular flexibility index (Phi) is 4.95. The van der Waals surface area contributed by atoms with Gasteiger partial charge in [-0.15, -0.1) is 0 Å². The zero-order valence-corrected chi connectivity index (χ0v) is 9.79. The van der Waals surface area contributed by atoms with E-state index in [2.05, 4.69) is 10.4 Å². The lowest BCUT2D eigenvalue weighted by molar-refractivity contribution is -0.137. The van der Waals surface area contributed by atoms with Crippen molar-refractivity contribution in [3.8, 4) is 0 Å². The highest BCUT2D eigenvalue weighted by Crippen LogP contribution is 2.28. The average Bonchev–Trinajstić information content (AvgIpc) is 2.66. The van der Waals surface area contributed by atoms with Crippen molar-refractivity contribution in [3.05, 3.63) is 18.0 Å². The third kappa shape index (κ3) is 4.35. The summed E-state index contributed by atoms with van der Waals surface area (Å²) >= 11 is 0. The molecule has 0 radical (unpaired) electrons. The number of methoxy groups -OCH3 is 1. The van der Waals surface area contributed by atoms with Gasteiger partial charge >= 0.3 is 6.18 Å². The van der Waals surface area contributed by atoms with Gasteiger partial charge in [0.2, 0.25) is 0 Å². The molecule has 7 heteroatoms. The van der Waals surface area contributed by atoms with Gasteiger partial charge < -0.3 is 10.1 Å². The highest BCUT2D eigenvalue weighted by Gasteiger charge is 2.32. The van der Waals surface area contributed by atoms with Crippen LogP contribution in [-0.2, 0) is 17.5 Å². The zero-order chi connectivity index (χ0) is 12.9. The predicted octanol–water partition coefficient (Wildman–Crippen LogP) is 1.53. The number of halogens is 3. The lowest BCUT2D eigenvalue weighted by atomic mass is 10.3. The molecule has 1 atom stereocenters. The smallest absolute Gasteiger partial charge is 0.383 e. The van der Waals surface area contributed by atoms with Crippen LogP contribution in [0.5, 0.6) is 0 Å². The first kappa shape index (κ1) is 14.0. The Morgan fingerprint density at radius 3 is 2.71 bits per heavy atom. The van der Waals surface area contributed by atoms with Gasteiger partial charge in [-0.25, -0.2) is 0 Å². The SMILES string of the molecule is CCNC(COC)Cn1cc(C(F)(F)F)cn1. The molecule has 0 saturated carbocycles. The minimum absolute atomic E-state index is 0.0500. The zero-order valence-electron chi connectivity index (χ0n) is 9.79. The van der Waals surface area contributed by atoms with Crippen molar-refractivity contribution < 1.29 is 17.9 Å². The Morgan fingerprint density at radius 2 is 2.24 bits per heavy atom. The first-order valence-corrected chi connectivity index (χ1v) is 5.29. The lowest BCUT2D eigenvalue weighted by Crippen LogP contribution is -2.37. The number of nitrogens with zero attached hydrogens (tertiary/aromatic N) is 2. The van der Waals surface area contributed by atoms with Crippen molar-refractivity contribution >= 4 is 0 Å². The van der Waals surface area contributed by atoms with Crippen molar-refractivity contribution in [2.45, 2.75) is 25.7 Å². The first-order valence-electron chi connectivity index (χ1n) is 5.29. The van der Waals surface area contributed by atoms with Crippen LogP contribution < -0.4 is 5.32 Å². The van der Waals surface area contributed by atoms with E-state index in [0.717, 1.165) is 18.9 Å². The van der Waals surface area contributed by atoms with Gasteiger partial charge in [-0.1, -0.05) is 6.92 Å². The van der Waals surface area contributed by atoms with E-state index in [1.165, 1.54) is 4.68 Å². The number of rotatable bonds is 6. The predicted molar refractivity (Wildman–Crippen MR) is 56.6 cm³/mol. The van der Waals surface area contributed by atoms with Crippen LogP contribution in [0.3, 0.4) is 0 Å². The molecule has 0 aromatic carbocycles. The number of hydrogen-bond donors (Lipinski definition) is 1. The van der Waals surface area contributed by atoms with Crippen LogP contribution in [-0.4, -0.2) is 36.1 Å². The van der Waals surface area contributed by atoms with E-state index in [9.17, 15) is 13.2 Å². The molecule has 1 aromatic heterocycles. The van der Waals surface area contributed by atoms with Crippen LogP contribution in [0, 0.1) is 0 Å². The van der Waals surface area contributed by atoms with Crippen molar-refractivity contribution in [2.75, 3.05) is 20.3 Å². The maximum absolute atomic E-state index is 12.3. The molecule has 0 aliphatic carbocycles. The Bertz CT molecular complexity index is 332. The molecule has 0 spiro atoms. The Labute approximate surface area is 97.8 Å². The molecule has 17 heavy (non-hydrogen) atoms. The van der Waals surface area contributed by atoms with E-state index in [1.807, 2.05) is 6.92 Å². The van der Waals surface area contributed by atoms with Crippen molar-refractivity contribution in [1.82, 2.24) is 15.1 Å². The summed E-state index contributed by atoms with van der Waals surface area (Å²) in [5, 5.41) is 6.80. The number of alkyl halides is 3. The number of nitrogens with one attached hydrogen (secondary N) is 1. The molecular formula is C10H16F3N3O. The second-order valence-corrected chi connectivity index (χ2v) is 3.66. The van der Waals surface area contributed by atoms with E-state index < -0.39 is 11.7 Å². The largest absolute Gasteiger partial charge is 0.419 e. The summed E-state index contributed by atoms with van der Waals surface area (Å²) in [6.45, 7) is 3.42. The molecule has 98 valence electrons. The molecule has 1 unspecified atom stereocenters. The Hall–Kier alpha value is -1.08. The maximum Gasteiger partial charge on any atom is 0.419 e. The highest BCUT2D eigenvalue weighted by atomic mass is 19.4. The van der Waals surface area contributed by atoms with Crippen LogP contribution in [0.2, 0.25) is 0 Å². The number of hydrogen-bond acceptors (Lipinski definition) is 3. The van der Waals surface area contributed by atoms with Crippen LogP contribution in [0.25, 0.3) is 0 Å². The quantitative estimate of drug-likeness (QED) is 0.833. The summed E-state index contributed by atoms with van der Waals surface area (Å²) < 4.78 is 43.3. The second-order valence-electron chi connectivity index (χ2n) is 3.66. The molecule has 0 saturated heterocycles. The summed E-state index contributed by atoms with van der Waals surface area (Å²) in [5.74, 6) is 0. The van der Waals surface area contributed by atoms with Crippen LogP contribution in [0.1, 0.15) is 12.5 Å². The van der Waals surface area contributed by atoms with Gasteiger partial charge in [-0.05, 0) is 6.54 Å². The van der Waals surface area contributed by atoms with Gasteiger partial charge in [0.25, 0.3) is 0 Å². The number of aromatic nitrogens is 2. The minimum atomic E-state index is -4.34. The molecule has 1 rings (SSSR count). The fourth-order valence-electron chi connectivity index (χ4n) is 1.50. The number of likely N-dealkylation sites (N-methyl/N-ethyl adjacent to an activating group) is 1. The van der Waals surface area contributed by atoms with Crippen molar-refractivity contribution in [2.24, 2.45) is 0 Å². The van der Waals surface area contributed by atoms with Gasteiger partial charge in [0.15, 0.2) is 0 Å². The van der Waals surface area contributed by atoms with E-state index in [4.69, 9.17) is 4.74 Å². The molecule has 0 bridgehead atoms. The fraction of sp³-hybridized carbons (Fsp3) is 0.700. The lowest BCUT2D eigenvalue weighted by Gasteiger charge is -2.16. The molecule has 1 aromatic rings. The Morgan fingerprint density at radius 1 is 1.53 bits per heavy atom. The van der Waals surface area contributed by atoms with Crippen LogP contribution in [0.4, 0.5) is 13.2 Å². The molecule has 4 nitrogen and oxygen atoms in total. The standard InChI is InChI=1S/C10H16F3N3O/c1-3-14-9(7-17-2)6-16-5-8(4-15-16)10(11,12)13/h4-5,9,14H,3,6-7H2,1-2H3. The summed E-state index contributed by atoms with van der Waals surface area (Å²) in [6.07, 6.45) is -2.51. The van der Waals surface area contributed by atoms with Gasteiger partial charge in [-0.2, -0.15) is 18.3 Å². The summed E-state index contributed by atoms with van der Waals surface area (Å²) in [4.78, 5) is 0. The monoisotopic (exact) mass is 251 g/mol. The van der Waals surface area contributed by atoms with E-state index >= 15 is 0 Å². The summed E-state index contributed by atoms with van der Waals surface area (Å²) in [6, 6.07) is -0.0500. The molecule has 0 amide bonds. The normalized spacial score (nSPS) is 13.9. The van der Waals surface area contributed by atoms with Gasteiger partial charge in [0, 0.05) is 13.3 Å².